The van der Waals surface area contributed by atoms with Crippen molar-refractivity contribution in [3.8, 4) is 0 Å². The molecule has 12 aromatic carbocycles. The number of nitrogen functional groups attached to an aromatic ring is 1. The summed E-state index contributed by atoms with van der Waals surface area (Å²) in [5, 5.41) is 18.9. The van der Waals surface area contributed by atoms with Crippen LogP contribution in [0.5, 0.6) is 0 Å². The molecular weight excluding hydrogens is 2110 g/mol. The van der Waals surface area contributed by atoms with Gasteiger partial charge in [0, 0.05) is 140 Å². The van der Waals surface area contributed by atoms with E-state index in [0.717, 1.165) is 204 Å². The molecule has 27 rings (SSSR count). The molecule has 0 saturated carbocycles. The van der Waals surface area contributed by atoms with Gasteiger partial charge in [-0.2, -0.15) is 0 Å². The predicted molar refractivity (Wildman–Crippen MR) is 553 cm³/mol. The van der Waals surface area contributed by atoms with Crippen LogP contribution in [0.1, 0.15) is 26.3 Å². The minimum absolute atomic E-state index is 0.0343. The van der Waals surface area contributed by atoms with Gasteiger partial charge in [0.15, 0.2) is 0 Å². The van der Waals surface area contributed by atoms with E-state index in [1.165, 1.54) is 33.0 Å². The quantitative estimate of drug-likeness (QED) is 0.101. The lowest BCUT2D eigenvalue weighted by Gasteiger charge is -2.43. The lowest BCUT2D eigenvalue weighted by Crippen LogP contribution is -2.66. The molecule has 0 bridgehead atoms. The second kappa shape index (κ2) is 28.6. The van der Waals surface area contributed by atoms with Crippen molar-refractivity contribution in [1.29, 1.82) is 0 Å². The Kier molecular flexibility index (Phi) is 17.8. The highest BCUT2D eigenvalue weighted by molar-refractivity contribution is 9.11. The monoisotopic (exact) mass is 2150 g/mol. The van der Waals surface area contributed by atoms with Gasteiger partial charge >= 0.3 is 0 Å². The Morgan fingerprint density at radius 2 is 0.524 bits per heavy atom. The SMILES string of the molecule is CC(C)(C)[Si](OCc1cc(Br)ccc1N)(c1ccccc1)c1ccccc1.O=c1c2ccc3c(=O)n4c5ccc(Br)cc5cc4c4sc(c2c34)c2cc3cc(Br)ccc3n12.O=c1c2sc3c(=O)n4c5ccc(Br)cc5cc4c4ccc(c2c34)c2cc3cc(Br)ccc3n12.O=c1c2sc3c4c(ccc(c24)c2cc4cc(Br)ccc4n12)c(=O)n1c2ccc(Br)cc2cc31. The topological polar surface area (TPSA) is 164 Å². The fraction of sp³-hybridized carbons (Fsp3) is 0.0495. The zero-order valence-corrected chi connectivity index (χ0v) is 80.6. The molecule has 0 aliphatic rings. The Hall–Kier alpha value is -10.9. The number of fused-ring (bicyclic) bond motifs is 24. The van der Waals surface area contributed by atoms with Gasteiger partial charge in [0.1, 0.15) is 14.1 Å². The molecule has 15 aromatic heterocycles. The highest BCUT2D eigenvalue weighted by atomic mass is 79.9. The summed E-state index contributed by atoms with van der Waals surface area (Å²) in [5.74, 6) is 0. The van der Waals surface area contributed by atoms with E-state index in [-0.39, 0.29) is 38.4 Å². The van der Waals surface area contributed by atoms with E-state index in [1.54, 1.807) is 24.5 Å². The first kappa shape index (κ1) is 78.6. The Morgan fingerprint density at radius 1 is 0.278 bits per heavy atom. The van der Waals surface area contributed by atoms with Crippen molar-refractivity contribution in [3.05, 3.63) is 360 Å². The molecule has 0 amide bonds. The average Bonchev–Trinajstić information content (AvgIpc) is 1.53. The van der Waals surface area contributed by atoms with Crippen molar-refractivity contribution in [2.24, 2.45) is 0 Å². The largest absolute Gasteiger partial charge is 0.403 e. The first-order valence-electron chi connectivity index (χ1n) is 40.1. The van der Waals surface area contributed by atoms with Crippen LogP contribution in [0, 0.1) is 0 Å². The molecule has 2 N–H and O–H groups in total. The van der Waals surface area contributed by atoms with Gasteiger partial charge in [0.05, 0.1) is 86.9 Å². The molecule has 0 spiro atoms. The lowest BCUT2D eigenvalue weighted by atomic mass is 10.0. The van der Waals surface area contributed by atoms with Crippen LogP contribution in [0.25, 0.3) is 191 Å². The second-order valence-corrected chi connectivity index (χ2v) is 46.8. The molecule has 0 atom stereocenters. The number of nitrogens with zero attached hydrogens (tertiary/aromatic N) is 6. The number of hydrogen-bond acceptors (Lipinski definition) is 11. The van der Waals surface area contributed by atoms with E-state index >= 15 is 0 Å². The maximum absolute atomic E-state index is 13.8. The van der Waals surface area contributed by atoms with Crippen molar-refractivity contribution in [3.63, 3.8) is 0 Å². The Bertz CT molecular complexity index is 9390. The fourth-order valence-corrected chi connectivity index (χ4v) is 30.8. The smallest absolute Gasteiger partial charge is 0.273 e. The summed E-state index contributed by atoms with van der Waals surface area (Å²) in [6.07, 6.45) is 0. The first-order chi connectivity index (χ1) is 60.9. The van der Waals surface area contributed by atoms with Gasteiger partial charge in [0.2, 0.25) is 0 Å². The number of rotatable bonds is 5. The predicted octanol–water partition coefficient (Wildman–Crippen LogP) is 26.5. The van der Waals surface area contributed by atoms with Crippen LogP contribution in [-0.4, -0.2) is 34.7 Å². The number of halogens is 7. The number of benzene rings is 12. The maximum atomic E-state index is 13.8. The van der Waals surface area contributed by atoms with Crippen LogP contribution in [0.3, 0.4) is 0 Å². The number of hydrogen-bond donors (Lipinski definition) is 1. The third-order valence-electron chi connectivity index (χ3n) is 25.2. The highest BCUT2D eigenvalue weighted by Crippen LogP contribution is 2.49. The lowest BCUT2D eigenvalue weighted by molar-refractivity contribution is 0.287. The number of nitrogens with two attached hydrogens (primary N) is 1. The molecule has 608 valence electrons. The number of pyridine rings is 6. The van der Waals surface area contributed by atoms with Gasteiger partial charge in [0.25, 0.3) is 41.7 Å². The summed E-state index contributed by atoms with van der Waals surface area (Å²) >= 11 is 29.2. The standard InChI is InChI=1S/3C26H10Br2N2O2S.C23H26BrNOSi/c27-13-1-5-17-11(7-13)9-19-23-21-15(25(31)29(17)19)3-4-16-22(21)24(33-23)20-10-12-8-14(28)2-6-18(12)30(20)26(16)32;27-13-1-5-17-11(7-13)9-19-15-3-4-16-22-21(15)24(26(32)29(17)19)33-23(22)20-10-12-8-14(28)2-6-18(12)30(20)25(16)31;27-13-1-5-17-11(7-13)9-19-15-3-4-16-20-10-12-8-14(28)2-6-18(12)30(20)26(32)24-22(16)21(15)23(33-24)25(31)29(17)19;1-23(2,3)27(20-10-6-4-7-11-20,21-12-8-5-9-13-21)26-17-18-16-19(24)14-15-22(18)25/h3*1-10H;4-16H,17,25H2,1-3H3. The molecule has 25 heteroatoms. The van der Waals surface area contributed by atoms with Crippen LogP contribution in [0.2, 0.25) is 5.04 Å². The summed E-state index contributed by atoms with van der Waals surface area (Å²) in [5.41, 5.74) is 18.2. The van der Waals surface area contributed by atoms with Crippen molar-refractivity contribution >= 4 is 361 Å². The third-order valence-corrected chi connectivity index (χ3v) is 37.2. The van der Waals surface area contributed by atoms with Crippen molar-refractivity contribution in [2.45, 2.75) is 32.4 Å². The summed E-state index contributed by atoms with van der Waals surface area (Å²) in [6, 6.07) is 87.1. The van der Waals surface area contributed by atoms with Gasteiger partial charge in [-0.05, 0) is 197 Å². The van der Waals surface area contributed by atoms with Gasteiger partial charge in [-0.15, -0.1) is 34.0 Å². The molecule has 0 radical (unpaired) electrons. The van der Waals surface area contributed by atoms with Crippen molar-refractivity contribution in [1.82, 2.24) is 26.4 Å². The fourth-order valence-electron chi connectivity index (χ4n) is 19.8. The molecule has 0 fully saturated rings. The van der Waals surface area contributed by atoms with Crippen LogP contribution < -0.4 is 49.5 Å². The van der Waals surface area contributed by atoms with Gasteiger partial charge in [-0.3, -0.25) is 55.2 Å². The minimum Gasteiger partial charge on any atom is -0.403 e. The number of thiophene rings is 3. The van der Waals surface area contributed by atoms with Crippen LogP contribution in [0.15, 0.2) is 321 Å². The van der Waals surface area contributed by atoms with Crippen molar-refractivity contribution in [2.75, 3.05) is 5.73 Å². The summed E-state index contributed by atoms with van der Waals surface area (Å²) < 4.78 is 29.6. The highest BCUT2D eigenvalue weighted by Gasteiger charge is 2.50. The maximum Gasteiger partial charge on any atom is 0.273 e. The van der Waals surface area contributed by atoms with Gasteiger partial charge in [-0.1, -0.05) is 211 Å². The molecule has 0 unspecified atom stereocenters. The van der Waals surface area contributed by atoms with Crippen LogP contribution >= 0.6 is 146 Å². The molecule has 27 aromatic rings. The molecule has 14 nitrogen and oxygen atoms in total. The molecule has 0 aliphatic heterocycles. The summed E-state index contributed by atoms with van der Waals surface area (Å²) in [6.45, 7) is 7.33. The summed E-state index contributed by atoms with van der Waals surface area (Å²) in [4.78, 5) is 82.2. The molecule has 0 saturated heterocycles. The molecule has 126 heavy (non-hydrogen) atoms. The third kappa shape index (κ3) is 11.3. The van der Waals surface area contributed by atoms with Crippen LogP contribution in [0.4, 0.5) is 5.69 Å². The first-order valence-corrected chi connectivity index (χ1v) is 50.0. The van der Waals surface area contributed by atoms with E-state index < -0.39 is 8.32 Å². The van der Waals surface area contributed by atoms with E-state index in [1.807, 2.05) is 165 Å². The molecule has 0 aliphatic carbocycles. The van der Waals surface area contributed by atoms with Gasteiger partial charge in [-0.25, -0.2) is 0 Å². The van der Waals surface area contributed by atoms with E-state index in [2.05, 4.69) is 241 Å². The van der Waals surface area contributed by atoms with E-state index in [0.29, 0.717) is 36.9 Å². The zero-order valence-electron chi connectivity index (χ0n) is 66.0. The van der Waals surface area contributed by atoms with Crippen molar-refractivity contribution < 1.29 is 4.43 Å². The van der Waals surface area contributed by atoms with Crippen LogP contribution in [-0.2, 0) is 11.0 Å². The van der Waals surface area contributed by atoms with Gasteiger partial charge < -0.3 is 10.2 Å². The Labute approximate surface area is 781 Å². The Balaban J connectivity index is 0.0000000944. The molecule has 15 heterocycles. The Morgan fingerprint density at radius 3 is 0.825 bits per heavy atom. The zero-order chi connectivity index (χ0) is 86.0. The van der Waals surface area contributed by atoms with E-state index in [4.69, 9.17) is 10.2 Å². The minimum atomic E-state index is -2.54. The molecular formula is C101H56Br7N7O7S3Si. The second-order valence-electron chi connectivity index (χ2n) is 33.0. The van der Waals surface area contributed by atoms with E-state index in [9.17, 15) is 28.8 Å². The number of anilines is 1. The average molecular weight is 2160 g/mol. The summed E-state index contributed by atoms with van der Waals surface area (Å²) in [7, 11) is -2.54. The normalized spacial score (nSPS) is 12.7. The number of aromatic nitrogens is 6.